The molecule has 2 heterocycles. The van der Waals surface area contributed by atoms with E-state index in [9.17, 15) is 0 Å². The number of hydrogen-bond donors (Lipinski definition) is 3. The largest absolute Gasteiger partial charge is 0.399 e. The first-order chi connectivity index (χ1) is 16.7. The zero-order valence-electron chi connectivity index (χ0n) is 19.5. The van der Waals surface area contributed by atoms with Gasteiger partial charge in [0.15, 0.2) is 6.33 Å². The van der Waals surface area contributed by atoms with Crippen LogP contribution in [-0.2, 0) is 0 Å². The number of anilines is 3. The zero-order valence-corrected chi connectivity index (χ0v) is 21.1. The molecule has 0 aliphatic carbocycles. The molecule has 5 aromatic rings. The first-order valence-electron chi connectivity index (χ1n) is 10.4. The molecule has 0 aliphatic heterocycles. The molecule has 0 aliphatic rings. The molecule has 11 nitrogen and oxygen atoms in total. The van der Waals surface area contributed by atoms with Crippen LogP contribution in [0.4, 0.5) is 17.1 Å². The molecule has 0 spiro atoms. The average Bonchev–Trinajstić information content (AvgIpc) is 3.47. The van der Waals surface area contributed by atoms with Crippen LogP contribution in [0.3, 0.4) is 0 Å². The van der Waals surface area contributed by atoms with Gasteiger partial charge >= 0.3 is 0 Å². The Labute approximate surface area is 211 Å². The Kier molecular flexibility index (Phi) is 8.46. The van der Waals surface area contributed by atoms with Crippen molar-refractivity contribution in [3.05, 3.63) is 88.4 Å². The van der Waals surface area contributed by atoms with E-state index in [2.05, 4.69) is 46.9 Å². The molecule has 0 unspecified atom stereocenters. The summed E-state index contributed by atoms with van der Waals surface area (Å²) < 4.78 is 2.61. The number of benzene rings is 3. The number of tetrazole rings is 2. The summed E-state index contributed by atoms with van der Waals surface area (Å²) in [4.78, 5) is 1.43. The van der Waals surface area contributed by atoms with Crippen LogP contribution in [-0.4, -0.2) is 40.4 Å². The number of halogens is 1. The van der Waals surface area contributed by atoms with Gasteiger partial charge < -0.3 is 17.2 Å². The Morgan fingerprint density at radius 3 is 1.71 bits per heavy atom. The van der Waals surface area contributed by atoms with Gasteiger partial charge in [0.1, 0.15) is 6.33 Å². The second kappa shape index (κ2) is 11.7. The summed E-state index contributed by atoms with van der Waals surface area (Å²) in [5.74, 6) is 0. The van der Waals surface area contributed by atoms with Crippen molar-refractivity contribution in [1.29, 1.82) is 0 Å². The van der Waals surface area contributed by atoms with Crippen molar-refractivity contribution in [2.24, 2.45) is 0 Å². The van der Waals surface area contributed by atoms with Gasteiger partial charge in [-0.05, 0) is 108 Å². The highest BCUT2D eigenvalue weighted by Crippen LogP contribution is 2.16. The number of nitrogens with two attached hydrogens (primary N) is 3. The Balaban J connectivity index is 0.000000150. The molecule has 0 saturated carbocycles. The van der Waals surface area contributed by atoms with Gasteiger partial charge in [-0.1, -0.05) is 15.9 Å². The van der Waals surface area contributed by atoms with Crippen LogP contribution in [0.1, 0.15) is 16.7 Å². The standard InChI is InChI=1S/2C8H9N5.C7H8BrN/c1-6-2-7(9)4-8(3-6)13-5-10-11-12-13;1-6-2-7(9)4-8(3-6)13-11-5-10-12-13;1-5-2-6(8)4-7(9)3-5/h2*2-5H,9H2,1H3;2-4H,9H2,1H3. The highest BCUT2D eigenvalue weighted by molar-refractivity contribution is 9.10. The quantitative estimate of drug-likeness (QED) is 0.287. The van der Waals surface area contributed by atoms with Gasteiger partial charge in [0.05, 0.1) is 11.4 Å². The lowest BCUT2D eigenvalue weighted by Crippen LogP contribution is -2.00. The Bertz CT molecular complexity index is 1190. The van der Waals surface area contributed by atoms with E-state index in [1.54, 1.807) is 10.7 Å². The lowest BCUT2D eigenvalue weighted by Gasteiger charge is -2.02. The van der Waals surface area contributed by atoms with Crippen LogP contribution in [0.2, 0.25) is 0 Å². The minimum atomic E-state index is 0.701. The van der Waals surface area contributed by atoms with Crippen LogP contribution < -0.4 is 17.2 Å². The van der Waals surface area contributed by atoms with Gasteiger partial charge in [0.25, 0.3) is 0 Å². The minimum absolute atomic E-state index is 0.701. The second-order valence-electron chi connectivity index (χ2n) is 7.75. The summed E-state index contributed by atoms with van der Waals surface area (Å²) >= 11 is 3.33. The molecular weight excluding hydrogens is 510 g/mol. The van der Waals surface area contributed by atoms with Crippen molar-refractivity contribution in [3.63, 3.8) is 0 Å². The number of rotatable bonds is 2. The summed E-state index contributed by atoms with van der Waals surface area (Å²) in [5, 5.41) is 22.2. The average molecular weight is 536 g/mol. The minimum Gasteiger partial charge on any atom is -0.399 e. The maximum absolute atomic E-state index is 5.68. The zero-order chi connectivity index (χ0) is 25.4. The van der Waals surface area contributed by atoms with E-state index < -0.39 is 0 Å². The number of aromatic nitrogens is 8. The van der Waals surface area contributed by atoms with Crippen LogP contribution in [0.25, 0.3) is 11.4 Å². The maximum atomic E-state index is 5.68. The SMILES string of the molecule is Cc1cc(N)cc(-n2cnnn2)c1.Cc1cc(N)cc(-n2ncnn2)c1.Cc1cc(N)cc(Br)c1. The predicted octanol–water partition coefficient (Wildman–Crippen LogP) is 3.45. The lowest BCUT2D eigenvalue weighted by atomic mass is 10.2. The van der Waals surface area contributed by atoms with Crippen molar-refractivity contribution in [2.75, 3.05) is 17.2 Å². The van der Waals surface area contributed by atoms with Gasteiger partial charge in [-0.25, -0.2) is 4.68 Å². The molecule has 0 saturated heterocycles. The Morgan fingerprint density at radius 2 is 1.23 bits per heavy atom. The van der Waals surface area contributed by atoms with Crippen molar-refractivity contribution >= 4 is 33.0 Å². The summed E-state index contributed by atoms with van der Waals surface area (Å²) in [5.41, 5.74) is 24.2. The third kappa shape index (κ3) is 7.89. The highest BCUT2D eigenvalue weighted by Gasteiger charge is 2.00. The van der Waals surface area contributed by atoms with Gasteiger partial charge in [0.2, 0.25) is 0 Å². The van der Waals surface area contributed by atoms with E-state index in [0.29, 0.717) is 11.4 Å². The number of hydrogen-bond acceptors (Lipinski definition) is 9. The number of nitrogen functional groups attached to an aromatic ring is 3. The van der Waals surface area contributed by atoms with Crippen LogP contribution in [0.15, 0.2) is 71.7 Å². The highest BCUT2D eigenvalue weighted by atomic mass is 79.9. The van der Waals surface area contributed by atoms with Crippen molar-refractivity contribution in [3.8, 4) is 11.4 Å². The molecule has 35 heavy (non-hydrogen) atoms. The van der Waals surface area contributed by atoms with Gasteiger partial charge in [-0.3, -0.25) is 0 Å². The van der Waals surface area contributed by atoms with E-state index in [-0.39, 0.29) is 0 Å². The lowest BCUT2D eigenvalue weighted by molar-refractivity contribution is 0.719. The van der Waals surface area contributed by atoms with Crippen LogP contribution in [0.5, 0.6) is 0 Å². The molecule has 5 rings (SSSR count). The Morgan fingerprint density at radius 1 is 0.657 bits per heavy atom. The molecule has 6 N–H and O–H groups in total. The fourth-order valence-electron chi connectivity index (χ4n) is 3.16. The topological polar surface area (TPSA) is 165 Å². The fraction of sp³-hybridized carbons (Fsp3) is 0.130. The predicted molar refractivity (Wildman–Crippen MR) is 140 cm³/mol. The molecule has 2 aromatic heterocycles. The van der Waals surface area contributed by atoms with Crippen LogP contribution >= 0.6 is 15.9 Å². The third-order valence-corrected chi connectivity index (χ3v) is 4.88. The molecule has 12 heteroatoms. The van der Waals surface area contributed by atoms with E-state index in [1.165, 1.54) is 23.0 Å². The van der Waals surface area contributed by atoms with E-state index >= 15 is 0 Å². The molecule has 0 fully saturated rings. The summed E-state index contributed by atoms with van der Waals surface area (Å²) in [6.45, 7) is 5.96. The molecule has 180 valence electrons. The normalized spacial score (nSPS) is 10.1. The second-order valence-corrected chi connectivity index (χ2v) is 8.66. The van der Waals surface area contributed by atoms with E-state index in [0.717, 1.165) is 32.7 Å². The monoisotopic (exact) mass is 535 g/mol. The van der Waals surface area contributed by atoms with Crippen LogP contribution in [0, 0.1) is 20.8 Å². The number of nitrogens with zero attached hydrogens (tertiary/aromatic N) is 8. The maximum Gasteiger partial charge on any atom is 0.162 e. The first kappa shape index (κ1) is 25.3. The third-order valence-electron chi connectivity index (χ3n) is 4.43. The van der Waals surface area contributed by atoms with E-state index in [1.807, 2.05) is 69.3 Å². The molecule has 0 amide bonds. The number of aryl methyl sites for hydroxylation is 3. The van der Waals surface area contributed by atoms with Gasteiger partial charge in [-0.15, -0.1) is 20.1 Å². The molecule has 0 bridgehead atoms. The molecular formula is C23H26BrN11. The first-order valence-corrected chi connectivity index (χ1v) is 11.2. The Hall–Kier alpha value is -4.32. The van der Waals surface area contributed by atoms with Crippen molar-refractivity contribution < 1.29 is 0 Å². The summed E-state index contributed by atoms with van der Waals surface area (Å²) in [6.07, 6.45) is 2.92. The van der Waals surface area contributed by atoms with Gasteiger partial charge in [-0.2, -0.15) is 0 Å². The molecule has 3 aromatic carbocycles. The molecule has 0 atom stereocenters. The fourth-order valence-corrected chi connectivity index (χ4v) is 3.79. The van der Waals surface area contributed by atoms with E-state index in [4.69, 9.17) is 17.2 Å². The molecule has 0 radical (unpaired) electrons. The van der Waals surface area contributed by atoms with Crippen molar-refractivity contribution in [1.82, 2.24) is 40.4 Å². The summed E-state index contributed by atoms with van der Waals surface area (Å²) in [7, 11) is 0. The van der Waals surface area contributed by atoms with Crippen molar-refractivity contribution in [2.45, 2.75) is 20.8 Å². The van der Waals surface area contributed by atoms with Gasteiger partial charge in [0, 0.05) is 21.5 Å². The summed E-state index contributed by atoms with van der Waals surface area (Å²) in [6, 6.07) is 17.2. The smallest absolute Gasteiger partial charge is 0.162 e.